The van der Waals surface area contributed by atoms with Crippen molar-refractivity contribution in [1.29, 1.82) is 5.26 Å². The maximum atomic E-state index is 12.4. The predicted molar refractivity (Wildman–Crippen MR) is 86.7 cm³/mol. The maximum Gasteiger partial charge on any atom is 0.266 e. The molecule has 0 aliphatic carbocycles. The molecule has 0 atom stereocenters. The van der Waals surface area contributed by atoms with Gasteiger partial charge >= 0.3 is 0 Å². The summed E-state index contributed by atoms with van der Waals surface area (Å²) in [4.78, 5) is 25.9. The van der Waals surface area contributed by atoms with Crippen LogP contribution in [0.15, 0.2) is 42.5 Å². The molecule has 0 bridgehead atoms. The molecule has 6 heteroatoms. The Bertz CT molecular complexity index is 799. The highest BCUT2D eigenvalue weighted by atomic mass is 35.5. The number of nitrogens with zero attached hydrogens (tertiary/aromatic N) is 2. The van der Waals surface area contributed by atoms with Crippen molar-refractivity contribution in [2.24, 2.45) is 0 Å². The molecule has 0 spiro atoms. The molecule has 3 rings (SSSR count). The number of fused-ring (bicyclic) bond motifs is 1. The molecule has 2 amide bonds. The molecule has 22 heavy (non-hydrogen) atoms. The quantitative estimate of drug-likeness (QED) is 0.456. The van der Waals surface area contributed by atoms with Crippen molar-refractivity contribution in [2.45, 2.75) is 6.92 Å². The lowest BCUT2D eigenvalue weighted by Gasteiger charge is -2.16. The predicted octanol–water partition coefficient (Wildman–Crippen LogP) is 3.46. The van der Waals surface area contributed by atoms with Crippen molar-refractivity contribution in [3.05, 3.63) is 64.2 Å². The minimum absolute atomic E-state index is 0.300. The van der Waals surface area contributed by atoms with Gasteiger partial charge in [-0.1, -0.05) is 35.2 Å². The number of anilines is 1. The lowest BCUT2D eigenvalue weighted by molar-refractivity contribution is 0.0926. The van der Waals surface area contributed by atoms with Crippen molar-refractivity contribution in [3.8, 4) is 5.40 Å². The third-order valence-corrected chi connectivity index (χ3v) is 3.44. The van der Waals surface area contributed by atoms with Gasteiger partial charge in [-0.2, -0.15) is 0 Å². The zero-order valence-electron chi connectivity index (χ0n) is 11.5. The fourth-order valence-electron chi connectivity index (χ4n) is 2.25. The number of amides is 2. The number of carbonyl (C=O) groups is 2. The number of para-hydroxylation sites is 1. The topological polar surface area (TPSA) is 61.2 Å². The lowest BCUT2D eigenvalue weighted by atomic mass is 10.1. The first-order chi connectivity index (χ1) is 10.5. The first-order valence-electron chi connectivity index (χ1n) is 6.26. The number of hydrogen-bond donors (Lipinski definition) is 0. The molecule has 0 unspecified atom stereocenters. The van der Waals surface area contributed by atoms with E-state index in [1.807, 2.05) is 19.1 Å². The fourth-order valence-corrected chi connectivity index (χ4v) is 2.42. The SMILES string of the molecule is Cc1ccccc1N1C(=O)c2ccc(Cl)cc2C1=O.N#C[S-]. The number of benzene rings is 2. The van der Waals surface area contributed by atoms with Gasteiger partial charge in [-0.3, -0.25) is 9.59 Å². The molecule has 0 radical (unpaired) electrons. The summed E-state index contributed by atoms with van der Waals surface area (Å²) in [5.74, 6) is -0.622. The van der Waals surface area contributed by atoms with E-state index in [2.05, 4.69) is 12.6 Å². The van der Waals surface area contributed by atoms with Crippen LogP contribution < -0.4 is 4.90 Å². The number of halogens is 1. The molecular weight excluding hydrogens is 320 g/mol. The van der Waals surface area contributed by atoms with Gasteiger partial charge in [-0.25, -0.2) is 10.2 Å². The van der Waals surface area contributed by atoms with Gasteiger partial charge in [0.25, 0.3) is 11.8 Å². The average molecular weight is 330 g/mol. The molecule has 1 aliphatic heterocycles. The average Bonchev–Trinajstić information content (AvgIpc) is 2.72. The standard InChI is InChI=1S/C15H10ClNO2.CHNS/c1-9-4-2-3-5-13(9)17-14(18)11-7-6-10(16)8-12(11)15(17)19;2-1-3/h2-8H,1H3;3H/p-1. The van der Waals surface area contributed by atoms with Gasteiger partial charge in [-0.15, -0.1) is 0 Å². The number of nitriles is 1. The Morgan fingerprint density at radius 1 is 1.09 bits per heavy atom. The molecule has 1 heterocycles. The Hall–Kier alpha value is -2.42. The maximum absolute atomic E-state index is 12.4. The van der Waals surface area contributed by atoms with E-state index in [0.29, 0.717) is 21.8 Å². The molecule has 110 valence electrons. The number of carbonyl (C=O) groups excluding carboxylic acids is 2. The number of rotatable bonds is 1. The van der Waals surface area contributed by atoms with E-state index in [4.69, 9.17) is 16.9 Å². The lowest BCUT2D eigenvalue weighted by Crippen LogP contribution is -2.29. The molecule has 4 nitrogen and oxygen atoms in total. The summed E-state index contributed by atoms with van der Waals surface area (Å²) in [5.41, 5.74) is 2.26. The Kier molecular flexibility index (Phi) is 4.76. The highest BCUT2D eigenvalue weighted by Gasteiger charge is 2.37. The zero-order valence-corrected chi connectivity index (χ0v) is 13.1. The van der Waals surface area contributed by atoms with Crippen LogP contribution in [0.1, 0.15) is 26.3 Å². The number of aryl methyl sites for hydroxylation is 1. The van der Waals surface area contributed by atoms with Gasteiger partial charge in [0.2, 0.25) is 0 Å². The van der Waals surface area contributed by atoms with Crippen LogP contribution in [0, 0.1) is 17.6 Å². The summed E-state index contributed by atoms with van der Waals surface area (Å²) in [6.45, 7) is 1.87. The van der Waals surface area contributed by atoms with Crippen LogP contribution in [0.25, 0.3) is 0 Å². The van der Waals surface area contributed by atoms with Gasteiger partial charge in [0, 0.05) is 5.02 Å². The Balaban J connectivity index is 0.000000545. The van der Waals surface area contributed by atoms with Crippen LogP contribution in [-0.4, -0.2) is 11.8 Å². The van der Waals surface area contributed by atoms with E-state index in [9.17, 15) is 9.59 Å². The van der Waals surface area contributed by atoms with Crippen molar-refractivity contribution in [1.82, 2.24) is 0 Å². The van der Waals surface area contributed by atoms with Gasteiger partial charge in [0.05, 0.1) is 16.8 Å². The summed E-state index contributed by atoms with van der Waals surface area (Å²) < 4.78 is 0. The van der Waals surface area contributed by atoms with Crippen LogP contribution in [0.2, 0.25) is 5.02 Å². The second-order valence-corrected chi connectivity index (χ2v) is 5.13. The molecular formula is C16H10ClN2O2S-. The van der Waals surface area contributed by atoms with Crippen molar-refractivity contribution in [2.75, 3.05) is 4.90 Å². The molecule has 0 saturated carbocycles. The summed E-state index contributed by atoms with van der Waals surface area (Å²) in [6.07, 6.45) is 0. The molecule has 0 N–H and O–H groups in total. The fraction of sp³-hybridized carbons (Fsp3) is 0.0625. The summed E-state index contributed by atoms with van der Waals surface area (Å²) >= 11 is 9.58. The Labute approximate surface area is 138 Å². The van der Waals surface area contributed by atoms with Crippen LogP contribution in [0.3, 0.4) is 0 Å². The smallest absolute Gasteiger partial charge is 0.266 e. The zero-order chi connectivity index (χ0) is 16.3. The summed E-state index contributed by atoms with van der Waals surface area (Å²) in [5, 5.41) is 8.92. The van der Waals surface area contributed by atoms with E-state index < -0.39 is 0 Å². The monoisotopic (exact) mass is 329 g/mol. The van der Waals surface area contributed by atoms with Crippen LogP contribution >= 0.6 is 11.6 Å². The van der Waals surface area contributed by atoms with Crippen LogP contribution in [-0.2, 0) is 12.6 Å². The van der Waals surface area contributed by atoms with Crippen LogP contribution in [0.4, 0.5) is 5.69 Å². The number of hydrogen-bond acceptors (Lipinski definition) is 4. The van der Waals surface area contributed by atoms with E-state index in [-0.39, 0.29) is 11.8 Å². The van der Waals surface area contributed by atoms with Crippen molar-refractivity contribution >= 4 is 41.7 Å². The number of thiocyanates is 1. The van der Waals surface area contributed by atoms with Gasteiger partial charge < -0.3 is 12.6 Å². The molecule has 2 aromatic rings. The molecule has 0 fully saturated rings. The Morgan fingerprint density at radius 3 is 2.32 bits per heavy atom. The minimum Gasteiger partial charge on any atom is -0.696 e. The largest absolute Gasteiger partial charge is 0.696 e. The Morgan fingerprint density at radius 2 is 1.68 bits per heavy atom. The second-order valence-electron chi connectivity index (χ2n) is 4.51. The summed E-state index contributed by atoms with van der Waals surface area (Å²) in [6, 6.07) is 12.1. The second kappa shape index (κ2) is 6.56. The van der Waals surface area contributed by atoms with E-state index in [0.717, 1.165) is 5.56 Å². The molecule has 0 saturated heterocycles. The van der Waals surface area contributed by atoms with E-state index in [1.165, 1.54) is 16.4 Å². The first kappa shape index (κ1) is 16.0. The highest BCUT2D eigenvalue weighted by molar-refractivity contribution is 7.64. The first-order valence-corrected chi connectivity index (χ1v) is 7.05. The molecule has 1 aliphatic rings. The van der Waals surface area contributed by atoms with E-state index in [1.54, 1.807) is 24.3 Å². The minimum atomic E-state index is -0.322. The van der Waals surface area contributed by atoms with Crippen molar-refractivity contribution < 1.29 is 9.59 Å². The van der Waals surface area contributed by atoms with Gasteiger partial charge in [0.15, 0.2) is 0 Å². The third kappa shape index (κ3) is 2.80. The number of imide groups is 1. The molecule has 0 aromatic heterocycles. The summed E-state index contributed by atoms with van der Waals surface area (Å²) in [7, 11) is 0. The normalized spacial score (nSPS) is 12.3. The molecule has 2 aromatic carbocycles. The van der Waals surface area contributed by atoms with E-state index >= 15 is 0 Å². The third-order valence-electron chi connectivity index (χ3n) is 3.20. The highest BCUT2D eigenvalue weighted by Crippen LogP contribution is 2.31. The van der Waals surface area contributed by atoms with Gasteiger partial charge in [0.1, 0.15) is 0 Å². The van der Waals surface area contributed by atoms with Crippen molar-refractivity contribution in [3.63, 3.8) is 0 Å². The van der Waals surface area contributed by atoms with Crippen LogP contribution in [0.5, 0.6) is 0 Å². The van der Waals surface area contributed by atoms with Gasteiger partial charge in [-0.05, 0) is 36.8 Å².